The summed E-state index contributed by atoms with van der Waals surface area (Å²) in [5, 5.41) is 1.53. The number of halogens is 1. The average Bonchev–Trinajstić information content (AvgIpc) is 3.69. The first-order valence-electron chi connectivity index (χ1n) is 14.8. The summed E-state index contributed by atoms with van der Waals surface area (Å²) in [5.74, 6) is -0.178. The van der Waals surface area contributed by atoms with E-state index >= 15 is 0 Å². The monoisotopic (exact) mass is 644 g/mol. The van der Waals surface area contributed by atoms with E-state index in [0.29, 0.717) is 33.6 Å². The molecule has 0 aliphatic rings. The van der Waals surface area contributed by atoms with Crippen LogP contribution in [0.25, 0.3) is 55.6 Å². The van der Waals surface area contributed by atoms with E-state index in [-0.39, 0.29) is 11.3 Å². The third-order valence-electron chi connectivity index (χ3n) is 8.28. The number of fused-ring (bicyclic) bond motifs is 2. The zero-order valence-corrected chi connectivity index (χ0v) is 26.5. The fourth-order valence-corrected chi connectivity index (χ4v) is 6.23. The molecule has 0 spiro atoms. The van der Waals surface area contributed by atoms with Gasteiger partial charge >= 0.3 is 0 Å². The standard InChI is InChI=1S/C37H29FN4O4S/c1-41(34-13-6-7-18-39-34)37(43)35-29-21-28(24-10-8-11-25(19-24)31-20-26-9-4-5-12-30(26)40-31)32(42(2)47(3,44)45)22-33(29)46-36(35)23-14-16-27(38)17-15-23/h4-22,40H,1-3H3. The van der Waals surface area contributed by atoms with Gasteiger partial charge in [0.15, 0.2) is 0 Å². The van der Waals surface area contributed by atoms with Crippen molar-refractivity contribution in [2.24, 2.45) is 0 Å². The molecule has 0 saturated heterocycles. The number of hydrogen-bond acceptors (Lipinski definition) is 5. The Hall–Kier alpha value is -5.74. The van der Waals surface area contributed by atoms with Crippen molar-refractivity contribution >= 4 is 49.3 Å². The summed E-state index contributed by atoms with van der Waals surface area (Å²) in [4.78, 5) is 23.5. The quantitative estimate of drug-likeness (QED) is 0.189. The Bertz CT molecular complexity index is 2370. The van der Waals surface area contributed by atoms with Crippen molar-refractivity contribution < 1.29 is 22.0 Å². The molecule has 10 heteroatoms. The van der Waals surface area contributed by atoms with Crippen LogP contribution in [0.15, 0.2) is 120 Å². The first-order chi connectivity index (χ1) is 22.6. The highest BCUT2D eigenvalue weighted by molar-refractivity contribution is 7.92. The number of nitrogens with one attached hydrogen (secondary N) is 1. The largest absolute Gasteiger partial charge is 0.455 e. The van der Waals surface area contributed by atoms with Crippen LogP contribution in [0, 0.1) is 5.82 Å². The molecule has 0 radical (unpaired) electrons. The van der Waals surface area contributed by atoms with Gasteiger partial charge in [-0.05, 0) is 71.8 Å². The minimum absolute atomic E-state index is 0.227. The summed E-state index contributed by atoms with van der Waals surface area (Å²) in [6, 6.07) is 32.2. The minimum atomic E-state index is -3.70. The Morgan fingerprint density at radius 3 is 2.30 bits per heavy atom. The van der Waals surface area contributed by atoms with Crippen LogP contribution in [0.3, 0.4) is 0 Å². The number of H-pyrrole nitrogens is 1. The van der Waals surface area contributed by atoms with Gasteiger partial charge in [-0.15, -0.1) is 0 Å². The van der Waals surface area contributed by atoms with Crippen LogP contribution in [0.4, 0.5) is 15.9 Å². The van der Waals surface area contributed by atoms with Crippen molar-refractivity contribution in [2.45, 2.75) is 0 Å². The summed E-state index contributed by atoms with van der Waals surface area (Å²) in [7, 11) is -0.602. The maximum absolute atomic E-state index is 14.3. The Labute approximate surface area is 270 Å². The smallest absolute Gasteiger partial charge is 0.263 e. The van der Waals surface area contributed by atoms with E-state index in [1.54, 1.807) is 55.7 Å². The van der Waals surface area contributed by atoms with Crippen molar-refractivity contribution in [2.75, 3.05) is 29.6 Å². The maximum Gasteiger partial charge on any atom is 0.263 e. The van der Waals surface area contributed by atoms with Crippen LogP contribution in [-0.2, 0) is 10.0 Å². The van der Waals surface area contributed by atoms with E-state index in [9.17, 15) is 17.6 Å². The SMILES string of the molecule is CN(C(=O)c1c(-c2ccc(F)cc2)oc2cc(N(C)S(C)(=O)=O)c(-c3cccc(-c4cc5ccccc5[nH]4)c3)cc12)c1ccccn1. The third kappa shape index (κ3) is 5.53. The lowest BCUT2D eigenvalue weighted by Crippen LogP contribution is -2.27. The van der Waals surface area contributed by atoms with Gasteiger partial charge in [-0.25, -0.2) is 17.8 Å². The Kier molecular flexibility index (Phi) is 7.37. The predicted octanol–water partition coefficient (Wildman–Crippen LogP) is 8.12. The molecule has 234 valence electrons. The zero-order chi connectivity index (χ0) is 32.9. The third-order valence-corrected chi connectivity index (χ3v) is 9.47. The number of carbonyl (C=O) groups excluding carboxylic acids is 1. The van der Waals surface area contributed by atoms with Gasteiger partial charge in [0.1, 0.15) is 23.0 Å². The van der Waals surface area contributed by atoms with E-state index in [4.69, 9.17) is 4.42 Å². The highest BCUT2D eigenvalue weighted by atomic mass is 32.2. The first-order valence-corrected chi connectivity index (χ1v) is 16.6. The number of aromatic amines is 1. The molecule has 0 saturated carbocycles. The zero-order valence-electron chi connectivity index (χ0n) is 25.7. The van der Waals surface area contributed by atoms with Crippen molar-refractivity contribution in [3.8, 4) is 33.7 Å². The number of anilines is 2. The fraction of sp³-hybridized carbons (Fsp3) is 0.0811. The van der Waals surface area contributed by atoms with E-state index in [2.05, 4.69) is 16.0 Å². The molecule has 7 aromatic rings. The van der Waals surface area contributed by atoms with Crippen LogP contribution < -0.4 is 9.21 Å². The lowest BCUT2D eigenvalue weighted by molar-refractivity contribution is 0.0994. The van der Waals surface area contributed by atoms with Gasteiger partial charge in [0.05, 0.1) is 17.5 Å². The molecule has 0 atom stereocenters. The number of rotatable bonds is 7. The van der Waals surface area contributed by atoms with Crippen molar-refractivity contribution in [3.63, 3.8) is 0 Å². The van der Waals surface area contributed by atoms with E-state index in [1.165, 1.54) is 28.4 Å². The number of furan rings is 1. The number of aromatic nitrogens is 2. The molecule has 0 bridgehead atoms. The Balaban J connectivity index is 1.47. The molecule has 0 fully saturated rings. The summed E-state index contributed by atoms with van der Waals surface area (Å²) < 4.78 is 47.3. The molecule has 47 heavy (non-hydrogen) atoms. The summed E-state index contributed by atoms with van der Waals surface area (Å²) in [6.07, 6.45) is 2.73. The average molecular weight is 645 g/mol. The number of para-hydroxylation sites is 1. The van der Waals surface area contributed by atoms with Gasteiger partial charge in [-0.2, -0.15) is 0 Å². The highest BCUT2D eigenvalue weighted by Crippen LogP contribution is 2.42. The molecule has 0 aliphatic heterocycles. The van der Waals surface area contributed by atoms with Crippen molar-refractivity contribution in [1.82, 2.24) is 9.97 Å². The van der Waals surface area contributed by atoms with Crippen LogP contribution in [-0.4, -0.2) is 44.6 Å². The lowest BCUT2D eigenvalue weighted by Gasteiger charge is -2.21. The predicted molar refractivity (Wildman–Crippen MR) is 185 cm³/mol. The number of sulfonamides is 1. The van der Waals surface area contributed by atoms with Gasteiger partial charge in [0.2, 0.25) is 10.0 Å². The van der Waals surface area contributed by atoms with E-state index < -0.39 is 21.7 Å². The summed E-state index contributed by atoms with van der Waals surface area (Å²) in [6.45, 7) is 0. The van der Waals surface area contributed by atoms with E-state index in [1.807, 2.05) is 48.5 Å². The van der Waals surface area contributed by atoms with Crippen molar-refractivity contribution in [1.29, 1.82) is 0 Å². The molecule has 1 N–H and O–H groups in total. The van der Waals surface area contributed by atoms with Gasteiger partial charge in [-0.3, -0.25) is 14.0 Å². The maximum atomic E-state index is 14.3. The van der Waals surface area contributed by atoms with Crippen LogP contribution in [0.2, 0.25) is 0 Å². The highest BCUT2D eigenvalue weighted by Gasteiger charge is 2.29. The molecular formula is C37H29FN4O4S. The second kappa shape index (κ2) is 11.6. The molecule has 8 nitrogen and oxygen atoms in total. The second-order valence-corrected chi connectivity index (χ2v) is 13.3. The molecular weight excluding hydrogens is 615 g/mol. The number of pyridine rings is 1. The summed E-state index contributed by atoms with van der Waals surface area (Å²) in [5.41, 5.74) is 5.49. The normalized spacial score (nSPS) is 11.7. The summed E-state index contributed by atoms with van der Waals surface area (Å²) >= 11 is 0. The molecule has 1 amide bonds. The topological polar surface area (TPSA) is 99.5 Å². The molecule has 3 aromatic heterocycles. The minimum Gasteiger partial charge on any atom is -0.455 e. The number of nitrogens with zero attached hydrogens (tertiary/aromatic N) is 3. The Morgan fingerprint density at radius 2 is 1.57 bits per heavy atom. The van der Waals surface area contributed by atoms with Crippen molar-refractivity contribution in [3.05, 3.63) is 127 Å². The number of benzene rings is 4. The van der Waals surface area contributed by atoms with Gasteiger partial charge < -0.3 is 9.40 Å². The van der Waals surface area contributed by atoms with Gasteiger partial charge in [0, 0.05) is 59.5 Å². The fourth-order valence-electron chi connectivity index (χ4n) is 5.73. The number of carbonyl (C=O) groups is 1. The Morgan fingerprint density at radius 1 is 0.830 bits per heavy atom. The van der Waals surface area contributed by atoms with Gasteiger partial charge in [0.25, 0.3) is 5.91 Å². The number of hydrogen-bond donors (Lipinski definition) is 1. The second-order valence-electron chi connectivity index (χ2n) is 11.3. The van der Waals surface area contributed by atoms with Crippen LogP contribution in [0.5, 0.6) is 0 Å². The van der Waals surface area contributed by atoms with E-state index in [0.717, 1.165) is 34.0 Å². The molecule has 0 aliphatic carbocycles. The molecule has 3 heterocycles. The number of amides is 1. The molecule has 7 rings (SSSR count). The lowest BCUT2D eigenvalue weighted by atomic mass is 9.96. The molecule has 4 aromatic carbocycles. The first kappa shape index (κ1) is 29.9. The van der Waals surface area contributed by atoms with Crippen LogP contribution in [0.1, 0.15) is 10.4 Å². The molecule has 0 unspecified atom stereocenters. The van der Waals surface area contributed by atoms with Crippen LogP contribution >= 0.6 is 0 Å². The van der Waals surface area contributed by atoms with Gasteiger partial charge in [-0.1, -0.05) is 42.5 Å².